The average molecular weight is 279 g/mol. The molecule has 104 valence electrons. The minimum Gasteiger partial charge on any atom is -0.351 e. The molecule has 3 nitrogen and oxygen atoms in total. The lowest BCUT2D eigenvalue weighted by atomic mass is 10.1. The van der Waals surface area contributed by atoms with Crippen LogP contribution < -0.4 is 5.32 Å². The molecule has 1 unspecified atom stereocenters. The van der Waals surface area contributed by atoms with E-state index in [0.29, 0.717) is 5.56 Å². The second-order valence-electron chi connectivity index (χ2n) is 5.58. The van der Waals surface area contributed by atoms with Crippen LogP contribution in [0.5, 0.6) is 0 Å². The van der Waals surface area contributed by atoms with Crippen LogP contribution in [0, 0.1) is 0 Å². The van der Waals surface area contributed by atoms with E-state index < -0.39 is 0 Å². The molecule has 0 heterocycles. The summed E-state index contributed by atoms with van der Waals surface area (Å²) in [6.45, 7) is 9.28. The highest BCUT2D eigenvalue weighted by Crippen LogP contribution is 2.24. The average Bonchev–Trinajstić information content (AvgIpc) is 2.27. The predicted octanol–water partition coefficient (Wildman–Crippen LogP) is 3.28. The zero-order valence-corrected chi connectivity index (χ0v) is 12.9. The number of nitrogens with one attached hydrogen (secondary N) is 1. The Labute approximate surface area is 119 Å². The van der Waals surface area contributed by atoms with Gasteiger partial charge in [0.15, 0.2) is 5.78 Å². The molecule has 0 bridgehead atoms. The van der Waals surface area contributed by atoms with Crippen molar-refractivity contribution in [2.24, 2.45) is 0 Å². The van der Waals surface area contributed by atoms with Crippen molar-refractivity contribution >= 4 is 23.5 Å². The Bertz CT molecular complexity index is 477. The molecule has 19 heavy (non-hydrogen) atoms. The lowest BCUT2D eigenvalue weighted by Crippen LogP contribution is -2.44. The molecule has 1 atom stereocenters. The third-order valence-corrected chi connectivity index (χ3v) is 3.51. The first-order valence-corrected chi connectivity index (χ1v) is 7.17. The second kappa shape index (κ2) is 6.24. The Morgan fingerprint density at radius 3 is 2.42 bits per heavy atom. The fraction of sp³-hybridized carbons (Fsp3) is 0.467. The number of Topliss-reactive ketones (excluding diaryl/α,β-unsaturated/α-hetero) is 1. The maximum atomic E-state index is 12.0. The molecule has 4 heteroatoms. The molecule has 1 amide bonds. The highest BCUT2D eigenvalue weighted by molar-refractivity contribution is 8.00. The van der Waals surface area contributed by atoms with Crippen molar-refractivity contribution in [3.63, 3.8) is 0 Å². The van der Waals surface area contributed by atoms with E-state index in [2.05, 4.69) is 5.32 Å². The van der Waals surface area contributed by atoms with Crippen molar-refractivity contribution in [3.8, 4) is 0 Å². The van der Waals surface area contributed by atoms with Crippen LogP contribution in [0.3, 0.4) is 0 Å². The van der Waals surface area contributed by atoms with Crippen molar-refractivity contribution in [1.82, 2.24) is 5.32 Å². The minimum atomic E-state index is -0.229. The van der Waals surface area contributed by atoms with Gasteiger partial charge in [0.05, 0.1) is 5.25 Å². The topological polar surface area (TPSA) is 46.2 Å². The van der Waals surface area contributed by atoms with E-state index in [1.807, 2.05) is 45.9 Å². The molecule has 1 rings (SSSR count). The summed E-state index contributed by atoms with van der Waals surface area (Å²) in [6, 6.07) is 7.37. The number of carbonyl (C=O) groups excluding carboxylic acids is 2. The number of hydrogen-bond donors (Lipinski definition) is 1. The number of amides is 1. The molecule has 1 aromatic rings. The fourth-order valence-corrected chi connectivity index (χ4v) is 2.44. The van der Waals surface area contributed by atoms with Gasteiger partial charge in [0.2, 0.25) is 5.91 Å². The zero-order chi connectivity index (χ0) is 14.6. The molecule has 0 spiro atoms. The number of thioether (sulfide) groups is 1. The third kappa shape index (κ3) is 5.47. The molecule has 0 saturated carbocycles. The van der Waals surface area contributed by atoms with Crippen LogP contribution in [-0.4, -0.2) is 22.5 Å². The second-order valence-corrected chi connectivity index (χ2v) is 7.00. The smallest absolute Gasteiger partial charge is 0.233 e. The quantitative estimate of drug-likeness (QED) is 0.679. The van der Waals surface area contributed by atoms with E-state index in [1.54, 1.807) is 13.0 Å². The maximum Gasteiger partial charge on any atom is 0.233 e. The largest absolute Gasteiger partial charge is 0.351 e. The van der Waals surface area contributed by atoms with E-state index in [1.165, 1.54) is 11.8 Å². The Morgan fingerprint density at radius 2 is 1.89 bits per heavy atom. The minimum absolute atomic E-state index is 0.00530. The van der Waals surface area contributed by atoms with Gasteiger partial charge >= 0.3 is 0 Å². The molecule has 0 aliphatic carbocycles. The molecule has 0 saturated heterocycles. The van der Waals surface area contributed by atoms with Crippen LogP contribution in [-0.2, 0) is 4.79 Å². The first-order valence-electron chi connectivity index (χ1n) is 6.29. The lowest BCUT2D eigenvalue weighted by Gasteiger charge is -2.23. The van der Waals surface area contributed by atoms with Gasteiger partial charge < -0.3 is 5.32 Å². The van der Waals surface area contributed by atoms with Gasteiger partial charge in [-0.3, -0.25) is 9.59 Å². The van der Waals surface area contributed by atoms with E-state index in [-0.39, 0.29) is 22.5 Å². The van der Waals surface area contributed by atoms with Crippen LogP contribution in [0.25, 0.3) is 0 Å². The molecule has 0 radical (unpaired) electrons. The molecular weight excluding hydrogens is 258 g/mol. The molecule has 0 aliphatic rings. The van der Waals surface area contributed by atoms with Crippen molar-refractivity contribution in [2.45, 2.75) is 50.3 Å². The predicted molar refractivity (Wildman–Crippen MR) is 79.7 cm³/mol. The van der Waals surface area contributed by atoms with Crippen molar-refractivity contribution in [1.29, 1.82) is 0 Å². The number of rotatable bonds is 4. The molecule has 0 aromatic heterocycles. The number of hydrogen-bond acceptors (Lipinski definition) is 3. The van der Waals surface area contributed by atoms with Gasteiger partial charge in [0.1, 0.15) is 0 Å². The van der Waals surface area contributed by atoms with E-state index in [9.17, 15) is 9.59 Å². The summed E-state index contributed by atoms with van der Waals surface area (Å²) < 4.78 is 0. The van der Waals surface area contributed by atoms with E-state index in [0.717, 1.165) is 4.90 Å². The SMILES string of the molecule is CC(=O)c1cccc(SC(C)C(=O)NC(C)(C)C)c1. The molecule has 1 N–H and O–H groups in total. The van der Waals surface area contributed by atoms with Gasteiger partial charge in [-0.25, -0.2) is 0 Å². The highest BCUT2D eigenvalue weighted by Gasteiger charge is 2.20. The number of carbonyl (C=O) groups is 2. The summed E-state index contributed by atoms with van der Waals surface area (Å²) in [5, 5.41) is 2.76. The highest BCUT2D eigenvalue weighted by atomic mass is 32.2. The monoisotopic (exact) mass is 279 g/mol. The van der Waals surface area contributed by atoms with Crippen LogP contribution in [0.4, 0.5) is 0 Å². The van der Waals surface area contributed by atoms with E-state index >= 15 is 0 Å². The van der Waals surface area contributed by atoms with Crippen molar-refractivity contribution in [3.05, 3.63) is 29.8 Å². The normalized spacial score (nSPS) is 12.9. The van der Waals surface area contributed by atoms with E-state index in [4.69, 9.17) is 0 Å². The Balaban J connectivity index is 2.71. The first kappa shape index (κ1) is 15.8. The Morgan fingerprint density at radius 1 is 1.26 bits per heavy atom. The first-order chi connectivity index (χ1) is 8.69. The van der Waals surface area contributed by atoms with Gasteiger partial charge in [-0.15, -0.1) is 11.8 Å². The van der Waals surface area contributed by atoms with Gasteiger partial charge in [-0.2, -0.15) is 0 Å². The van der Waals surface area contributed by atoms with Crippen LogP contribution in [0.15, 0.2) is 29.2 Å². The fourth-order valence-electron chi connectivity index (χ4n) is 1.52. The van der Waals surface area contributed by atoms with Gasteiger partial charge in [-0.05, 0) is 46.8 Å². The standard InChI is InChI=1S/C15H21NO2S/c1-10(17)12-7-6-8-13(9-12)19-11(2)14(18)16-15(3,4)5/h6-9,11H,1-5H3,(H,16,18). The number of benzene rings is 1. The van der Waals surface area contributed by atoms with Crippen molar-refractivity contribution < 1.29 is 9.59 Å². The molecule has 0 fully saturated rings. The Kier molecular flexibility index (Phi) is 5.18. The lowest BCUT2D eigenvalue weighted by molar-refractivity contribution is -0.121. The molecular formula is C15H21NO2S. The van der Waals surface area contributed by atoms with Gasteiger partial charge in [-0.1, -0.05) is 12.1 Å². The van der Waals surface area contributed by atoms with Crippen LogP contribution in [0.2, 0.25) is 0 Å². The van der Waals surface area contributed by atoms with Gasteiger partial charge in [0, 0.05) is 16.0 Å². The molecule has 0 aliphatic heterocycles. The zero-order valence-electron chi connectivity index (χ0n) is 12.1. The van der Waals surface area contributed by atoms with Crippen LogP contribution in [0.1, 0.15) is 45.0 Å². The maximum absolute atomic E-state index is 12.0. The van der Waals surface area contributed by atoms with Crippen LogP contribution >= 0.6 is 11.8 Å². The summed E-state index contributed by atoms with van der Waals surface area (Å²) >= 11 is 1.46. The summed E-state index contributed by atoms with van der Waals surface area (Å²) in [5.41, 5.74) is 0.445. The third-order valence-electron chi connectivity index (χ3n) is 2.42. The van der Waals surface area contributed by atoms with Gasteiger partial charge in [0.25, 0.3) is 0 Å². The summed E-state index contributed by atoms with van der Waals surface area (Å²) in [6.07, 6.45) is 0. The number of ketones is 1. The molecule has 1 aromatic carbocycles. The summed E-state index contributed by atoms with van der Waals surface area (Å²) in [4.78, 5) is 24.2. The summed E-state index contributed by atoms with van der Waals surface area (Å²) in [7, 11) is 0. The Hall–Kier alpha value is -1.29. The summed E-state index contributed by atoms with van der Waals surface area (Å²) in [5.74, 6) is 0.0416. The van der Waals surface area contributed by atoms with Crippen molar-refractivity contribution in [2.75, 3.05) is 0 Å².